The van der Waals surface area contributed by atoms with Crippen molar-refractivity contribution in [3.05, 3.63) is 41.2 Å². The molecule has 3 rings (SSSR count). The van der Waals surface area contributed by atoms with Crippen molar-refractivity contribution in [1.29, 1.82) is 0 Å². The molecule has 0 aliphatic carbocycles. The molecule has 1 aliphatic rings. The van der Waals surface area contributed by atoms with Crippen LogP contribution < -0.4 is 10.2 Å². The number of benzene rings is 1. The van der Waals surface area contributed by atoms with Crippen molar-refractivity contribution in [3.63, 3.8) is 0 Å². The van der Waals surface area contributed by atoms with Crippen LogP contribution in [0.4, 0.5) is 11.4 Å². The molecule has 0 unspecified atom stereocenters. The van der Waals surface area contributed by atoms with Gasteiger partial charge in [-0.25, -0.2) is 0 Å². The maximum Gasteiger partial charge on any atom is 0.224 e. The third kappa shape index (κ3) is 4.29. The van der Waals surface area contributed by atoms with E-state index >= 15 is 0 Å². The van der Waals surface area contributed by atoms with Crippen molar-refractivity contribution in [2.45, 2.75) is 32.1 Å². The van der Waals surface area contributed by atoms with Crippen molar-refractivity contribution in [3.8, 4) is 0 Å². The van der Waals surface area contributed by atoms with Crippen LogP contribution in [0.15, 0.2) is 30.6 Å². The fourth-order valence-corrected chi connectivity index (χ4v) is 3.26. The summed E-state index contributed by atoms with van der Waals surface area (Å²) in [4.78, 5) is 14.7. The molecule has 0 atom stereocenters. The molecule has 0 spiro atoms. The monoisotopic (exact) mass is 346 g/mol. The molecule has 0 bridgehead atoms. The lowest BCUT2D eigenvalue weighted by atomic mass is 10.1. The Hall–Kier alpha value is -2.01. The van der Waals surface area contributed by atoms with Crippen LogP contribution in [0.1, 0.15) is 31.2 Å². The first kappa shape index (κ1) is 16.8. The van der Waals surface area contributed by atoms with E-state index in [-0.39, 0.29) is 5.91 Å². The maximum absolute atomic E-state index is 12.3. The topological polar surface area (TPSA) is 50.2 Å². The standard InChI is InChI=1S/C18H23ClN4O/c1-22-13-14(12-20-22)5-8-18(24)21-16-11-15(19)6-7-17(16)23-9-3-2-4-10-23/h6-7,11-13H,2-5,8-10H2,1H3,(H,21,24). The summed E-state index contributed by atoms with van der Waals surface area (Å²) in [7, 11) is 1.88. The molecule has 1 saturated heterocycles. The van der Waals surface area contributed by atoms with Crippen LogP contribution >= 0.6 is 11.6 Å². The highest BCUT2D eigenvalue weighted by molar-refractivity contribution is 6.31. The van der Waals surface area contributed by atoms with Gasteiger partial charge in [0.05, 0.1) is 17.6 Å². The quantitative estimate of drug-likeness (QED) is 0.899. The number of amides is 1. The highest BCUT2D eigenvalue weighted by atomic mass is 35.5. The molecule has 2 aromatic rings. The number of hydrogen-bond acceptors (Lipinski definition) is 3. The van der Waals surface area contributed by atoms with E-state index in [2.05, 4.69) is 15.3 Å². The van der Waals surface area contributed by atoms with Crippen LogP contribution in [-0.4, -0.2) is 28.8 Å². The van der Waals surface area contributed by atoms with Crippen molar-refractivity contribution < 1.29 is 4.79 Å². The van der Waals surface area contributed by atoms with E-state index in [0.29, 0.717) is 17.9 Å². The SMILES string of the molecule is Cn1cc(CCC(=O)Nc2cc(Cl)ccc2N2CCCCC2)cn1. The highest BCUT2D eigenvalue weighted by Crippen LogP contribution is 2.31. The van der Waals surface area contributed by atoms with Gasteiger partial charge in [-0.3, -0.25) is 9.48 Å². The van der Waals surface area contributed by atoms with Gasteiger partial charge in [-0.05, 0) is 49.4 Å². The minimum atomic E-state index is -0.000575. The summed E-state index contributed by atoms with van der Waals surface area (Å²) in [6.07, 6.45) is 8.50. The Morgan fingerprint density at radius 3 is 2.79 bits per heavy atom. The molecule has 1 aromatic carbocycles. The van der Waals surface area contributed by atoms with E-state index < -0.39 is 0 Å². The Morgan fingerprint density at radius 2 is 2.08 bits per heavy atom. The number of nitrogens with one attached hydrogen (secondary N) is 1. The lowest BCUT2D eigenvalue weighted by Crippen LogP contribution is -2.30. The van der Waals surface area contributed by atoms with Gasteiger partial charge in [0, 0.05) is 37.8 Å². The molecule has 0 radical (unpaired) electrons. The summed E-state index contributed by atoms with van der Waals surface area (Å²) in [6, 6.07) is 5.73. The average Bonchev–Trinajstić information content (AvgIpc) is 2.99. The van der Waals surface area contributed by atoms with Gasteiger partial charge >= 0.3 is 0 Å². The van der Waals surface area contributed by atoms with Gasteiger partial charge in [-0.2, -0.15) is 5.10 Å². The zero-order valence-corrected chi connectivity index (χ0v) is 14.7. The van der Waals surface area contributed by atoms with Gasteiger partial charge in [0.15, 0.2) is 0 Å². The molecule has 6 heteroatoms. The molecule has 1 aliphatic heterocycles. The molecule has 5 nitrogen and oxygen atoms in total. The summed E-state index contributed by atoms with van der Waals surface area (Å²) in [5, 5.41) is 7.80. The fraction of sp³-hybridized carbons (Fsp3) is 0.444. The summed E-state index contributed by atoms with van der Waals surface area (Å²) in [5.41, 5.74) is 2.93. The number of hydrogen-bond donors (Lipinski definition) is 1. The lowest BCUT2D eigenvalue weighted by Gasteiger charge is -2.30. The molecule has 1 fully saturated rings. The third-order valence-corrected chi connectivity index (χ3v) is 4.56. The number of rotatable bonds is 5. The van der Waals surface area contributed by atoms with Gasteiger partial charge in [0.25, 0.3) is 0 Å². The fourth-order valence-electron chi connectivity index (χ4n) is 3.09. The Balaban J connectivity index is 1.66. The molecule has 0 saturated carbocycles. The highest BCUT2D eigenvalue weighted by Gasteiger charge is 2.16. The minimum Gasteiger partial charge on any atom is -0.370 e. The largest absolute Gasteiger partial charge is 0.370 e. The summed E-state index contributed by atoms with van der Waals surface area (Å²) < 4.78 is 1.75. The minimum absolute atomic E-state index is 0.000575. The van der Waals surface area contributed by atoms with Crippen molar-refractivity contribution in [2.75, 3.05) is 23.3 Å². The summed E-state index contributed by atoms with van der Waals surface area (Å²) in [5.74, 6) is -0.000575. The smallest absolute Gasteiger partial charge is 0.224 e. The zero-order chi connectivity index (χ0) is 16.9. The predicted molar refractivity (Wildman–Crippen MR) is 97.7 cm³/mol. The second kappa shape index (κ2) is 7.71. The van der Waals surface area contributed by atoms with Gasteiger partial charge in [0.1, 0.15) is 0 Å². The Labute approximate surface area is 147 Å². The van der Waals surface area contributed by atoms with E-state index in [1.54, 1.807) is 10.9 Å². The number of piperidine rings is 1. The van der Waals surface area contributed by atoms with Crippen molar-refractivity contribution in [2.24, 2.45) is 7.05 Å². The molecule has 24 heavy (non-hydrogen) atoms. The molecule has 1 aromatic heterocycles. The number of carbonyl (C=O) groups excluding carboxylic acids is 1. The van der Waals surface area contributed by atoms with E-state index in [4.69, 9.17) is 11.6 Å². The number of aromatic nitrogens is 2. The van der Waals surface area contributed by atoms with Crippen LogP contribution in [0.3, 0.4) is 0 Å². The lowest BCUT2D eigenvalue weighted by molar-refractivity contribution is -0.116. The molecular formula is C18H23ClN4O. The number of anilines is 2. The van der Waals surface area contributed by atoms with Crippen molar-refractivity contribution >= 4 is 28.9 Å². The average molecular weight is 347 g/mol. The second-order valence-corrected chi connectivity index (χ2v) is 6.72. The normalized spacial score (nSPS) is 14.7. The zero-order valence-electron chi connectivity index (χ0n) is 14.0. The Bertz CT molecular complexity index is 707. The van der Waals surface area contributed by atoms with E-state index in [1.807, 2.05) is 31.4 Å². The van der Waals surface area contributed by atoms with Crippen LogP contribution in [0.5, 0.6) is 0 Å². The van der Waals surface area contributed by atoms with Crippen molar-refractivity contribution in [1.82, 2.24) is 9.78 Å². The first-order valence-electron chi connectivity index (χ1n) is 8.44. The van der Waals surface area contributed by atoms with Gasteiger partial charge < -0.3 is 10.2 Å². The number of nitrogens with zero attached hydrogens (tertiary/aromatic N) is 3. The number of aryl methyl sites for hydroxylation is 2. The number of halogens is 1. The van der Waals surface area contributed by atoms with Crippen LogP contribution in [0, 0.1) is 0 Å². The number of carbonyl (C=O) groups is 1. The third-order valence-electron chi connectivity index (χ3n) is 4.33. The van der Waals surface area contributed by atoms with E-state index in [1.165, 1.54) is 19.3 Å². The molecule has 128 valence electrons. The molecule has 2 heterocycles. The summed E-state index contributed by atoms with van der Waals surface area (Å²) in [6.45, 7) is 2.06. The van der Waals surface area contributed by atoms with E-state index in [0.717, 1.165) is 30.0 Å². The first-order chi connectivity index (χ1) is 11.6. The first-order valence-corrected chi connectivity index (χ1v) is 8.81. The predicted octanol–water partition coefficient (Wildman–Crippen LogP) is 3.64. The van der Waals surface area contributed by atoms with E-state index in [9.17, 15) is 4.79 Å². The van der Waals surface area contributed by atoms with Crippen LogP contribution in [0.2, 0.25) is 5.02 Å². The molecular weight excluding hydrogens is 324 g/mol. The summed E-state index contributed by atoms with van der Waals surface area (Å²) >= 11 is 6.13. The Morgan fingerprint density at radius 1 is 1.29 bits per heavy atom. The maximum atomic E-state index is 12.3. The van der Waals surface area contributed by atoms with Gasteiger partial charge in [0.2, 0.25) is 5.91 Å². The Kier molecular flexibility index (Phi) is 5.41. The van der Waals surface area contributed by atoms with Crippen LogP contribution in [0.25, 0.3) is 0 Å². The van der Waals surface area contributed by atoms with Gasteiger partial charge in [-0.15, -0.1) is 0 Å². The van der Waals surface area contributed by atoms with Gasteiger partial charge in [-0.1, -0.05) is 11.6 Å². The van der Waals surface area contributed by atoms with Crippen LogP contribution in [-0.2, 0) is 18.3 Å². The molecule has 1 N–H and O–H groups in total. The molecule has 1 amide bonds. The second-order valence-electron chi connectivity index (χ2n) is 6.28.